The predicted molar refractivity (Wildman–Crippen MR) is 96.8 cm³/mol. The van der Waals surface area contributed by atoms with Gasteiger partial charge >= 0.3 is 6.18 Å². The Balaban J connectivity index is 1.89. The largest absolute Gasteiger partial charge is 0.416 e. The molecule has 0 aliphatic rings. The first kappa shape index (κ1) is 21.1. The standard InChI is InChI=1S/C18H19F3N4O3/c1-24(11-8-14-4-2-3-9-22-14)17(26)7-10-23-15-6-5-13(18(19,20)21)12-16(15)25(27)28/h2-6,9,12,23H,7-8,10-11H2,1H3. The van der Waals surface area contributed by atoms with Crippen LogP contribution in [0.25, 0.3) is 0 Å². The monoisotopic (exact) mass is 396 g/mol. The minimum atomic E-state index is -4.67. The van der Waals surface area contributed by atoms with Crippen LogP contribution in [-0.2, 0) is 17.4 Å². The van der Waals surface area contributed by atoms with Gasteiger partial charge in [0.25, 0.3) is 5.69 Å². The molecule has 2 aromatic rings. The summed E-state index contributed by atoms with van der Waals surface area (Å²) in [5.74, 6) is -0.196. The molecule has 1 N–H and O–H groups in total. The number of alkyl halides is 3. The zero-order chi connectivity index (χ0) is 20.7. The highest BCUT2D eigenvalue weighted by atomic mass is 19.4. The number of rotatable bonds is 8. The Kier molecular flexibility index (Phi) is 6.91. The second-order valence-corrected chi connectivity index (χ2v) is 6.05. The van der Waals surface area contributed by atoms with Crippen molar-refractivity contribution in [3.8, 4) is 0 Å². The number of likely N-dealkylation sites (N-methyl/N-ethyl adjacent to an activating group) is 1. The van der Waals surface area contributed by atoms with Gasteiger partial charge in [-0.15, -0.1) is 0 Å². The fourth-order valence-corrected chi connectivity index (χ4v) is 2.46. The maximum absolute atomic E-state index is 12.7. The molecule has 1 heterocycles. The van der Waals surface area contributed by atoms with Gasteiger partial charge in [0.1, 0.15) is 5.69 Å². The molecule has 0 atom stereocenters. The Bertz CT molecular complexity index is 829. The first-order valence-electron chi connectivity index (χ1n) is 8.42. The van der Waals surface area contributed by atoms with Crippen molar-refractivity contribution in [2.45, 2.75) is 19.0 Å². The third kappa shape index (κ3) is 5.93. The van der Waals surface area contributed by atoms with E-state index in [1.165, 1.54) is 4.90 Å². The number of halogens is 3. The molecule has 0 radical (unpaired) electrons. The van der Waals surface area contributed by atoms with E-state index in [9.17, 15) is 28.1 Å². The highest BCUT2D eigenvalue weighted by molar-refractivity contribution is 5.76. The van der Waals surface area contributed by atoms with E-state index in [0.29, 0.717) is 19.0 Å². The molecule has 1 amide bonds. The SMILES string of the molecule is CN(CCc1ccccn1)C(=O)CCNc1ccc(C(F)(F)F)cc1[N+](=O)[O-]. The molecule has 1 aromatic carbocycles. The van der Waals surface area contributed by atoms with Gasteiger partial charge in [0, 0.05) is 50.9 Å². The smallest absolute Gasteiger partial charge is 0.379 e. The van der Waals surface area contributed by atoms with Gasteiger partial charge in [-0.05, 0) is 24.3 Å². The molecule has 0 saturated carbocycles. The number of nitrogens with zero attached hydrogens (tertiary/aromatic N) is 3. The lowest BCUT2D eigenvalue weighted by molar-refractivity contribution is -0.384. The molecule has 28 heavy (non-hydrogen) atoms. The molecule has 0 aliphatic carbocycles. The van der Waals surface area contributed by atoms with Gasteiger partial charge in [-0.25, -0.2) is 0 Å². The molecule has 0 spiro atoms. The average Bonchev–Trinajstić information content (AvgIpc) is 2.66. The van der Waals surface area contributed by atoms with Crippen LogP contribution in [0.4, 0.5) is 24.5 Å². The van der Waals surface area contributed by atoms with E-state index in [2.05, 4.69) is 10.3 Å². The van der Waals surface area contributed by atoms with Gasteiger partial charge < -0.3 is 10.2 Å². The number of carbonyl (C=O) groups is 1. The minimum Gasteiger partial charge on any atom is -0.379 e. The van der Waals surface area contributed by atoms with Crippen LogP contribution in [0.15, 0.2) is 42.6 Å². The van der Waals surface area contributed by atoms with E-state index in [1.54, 1.807) is 19.3 Å². The first-order valence-corrected chi connectivity index (χ1v) is 8.42. The number of pyridine rings is 1. The number of aromatic nitrogens is 1. The van der Waals surface area contributed by atoms with Crippen LogP contribution < -0.4 is 5.32 Å². The molecule has 10 heteroatoms. The lowest BCUT2D eigenvalue weighted by Gasteiger charge is -2.17. The van der Waals surface area contributed by atoms with E-state index in [0.717, 1.165) is 17.8 Å². The molecular formula is C18H19F3N4O3. The number of anilines is 1. The van der Waals surface area contributed by atoms with Crippen LogP contribution in [0.3, 0.4) is 0 Å². The fraction of sp³-hybridized carbons (Fsp3) is 0.333. The second-order valence-electron chi connectivity index (χ2n) is 6.05. The lowest BCUT2D eigenvalue weighted by atomic mass is 10.1. The topological polar surface area (TPSA) is 88.4 Å². The van der Waals surface area contributed by atoms with Crippen molar-refractivity contribution in [1.82, 2.24) is 9.88 Å². The molecule has 150 valence electrons. The van der Waals surface area contributed by atoms with Crippen molar-refractivity contribution in [2.24, 2.45) is 0 Å². The summed E-state index contributed by atoms with van der Waals surface area (Å²) in [7, 11) is 1.63. The van der Waals surface area contributed by atoms with Crippen LogP contribution in [0.2, 0.25) is 0 Å². The maximum atomic E-state index is 12.7. The third-order valence-corrected chi connectivity index (χ3v) is 4.03. The molecule has 7 nitrogen and oxygen atoms in total. The summed E-state index contributed by atoms with van der Waals surface area (Å²) in [6.45, 7) is 0.509. The number of benzene rings is 1. The number of nitro benzene ring substituents is 1. The zero-order valence-electron chi connectivity index (χ0n) is 15.1. The van der Waals surface area contributed by atoms with Crippen LogP contribution in [-0.4, -0.2) is 40.9 Å². The Morgan fingerprint density at radius 3 is 2.64 bits per heavy atom. The Hall–Kier alpha value is -3.17. The van der Waals surface area contributed by atoms with Crippen molar-refractivity contribution < 1.29 is 22.9 Å². The quantitative estimate of drug-likeness (QED) is 0.545. The highest BCUT2D eigenvalue weighted by Crippen LogP contribution is 2.34. The number of hydrogen-bond donors (Lipinski definition) is 1. The predicted octanol–water partition coefficient (Wildman–Crippen LogP) is 3.51. The Morgan fingerprint density at radius 2 is 2.04 bits per heavy atom. The second kappa shape index (κ2) is 9.16. The summed E-state index contributed by atoms with van der Waals surface area (Å²) < 4.78 is 38.1. The number of nitro groups is 1. The third-order valence-electron chi connectivity index (χ3n) is 4.03. The molecule has 0 bridgehead atoms. The lowest BCUT2D eigenvalue weighted by Crippen LogP contribution is -2.30. The molecule has 0 saturated heterocycles. The maximum Gasteiger partial charge on any atom is 0.416 e. The Labute approximate surface area is 159 Å². The summed E-state index contributed by atoms with van der Waals surface area (Å²) in [5.41, 5.74) is -1.01. The molecule has 0 fully saturated rings. The van der Waals surface area contributed by atoms with Crippen molar-refractivity contribution in [2.75, 3.05) is 25.5 Å². The normalized spacial score (nSPS) is 11.1. The summed E-state index contributed by atoms with van der Waals surface area (Å²) in [5, 5.41) is 13.7. The van der Waals surface area contributed by atoms with Crippen LogP contribution in [0.5, 0.6) is 0 Å². The summed E-state index contributed by atoms with van der Waals surface area (Å²) >= 11 is 0. The minimum absolute atomic E-state index is 0.0386. The molecule has 0 unspecified atom stereocenters. The molecule has 2 rings (SSSR count). The highest BCUT2D eigenvalue weighted by Gasteiger charge is 2.33. The van der Waals surface area contributed by atoms with Crippen molar-refractivity contribution in [3.05, 3.63) is 64.0 Å². The Morgan fingerprint density at radius 1 is 1.29 bits per heavy atom. The van der Waals surface area contributed by atoms with E-state index in [1.807, 2.05) is 12.1 Å². The van der Waals surface area contributed by atoms with E-state index >= 15 is 0 Å². The summed E-state index contributed by atoms with van der Waals surface area (Å²) in [6, 6.07) is 7.73. The zero-order valence-corrected chi connectivity index (χ0v) is 15.1. The van der Waals surface area contributed by atoms with E-state index in [4.69, 9.17) is 0 Å². The fourth-order valence-electron chi connectivity index (χ4n) is 2.46. The van der Waals surface area contributed by atoms with E-state index < -0.39 is 22.4 Å². The first-order chi connectivity index (χ1) is 13.2. The van der Waals surface area contributed by atoms with Gasteiger partial charge in [-0.2, -0.15) is 13.2 Å². The van der Waals surface area contributed by atoms with Gasteiger partial charge in [0.2, 0.25) is 5.91 Å². The van der Waals surface area contributed by atoms with Crippen LogP contribution in [0.1, 0.15) is 17.7 Å². The number of amides is 1. The van der Waals surface area contributed by atoms with Crippen molar-refractivity contribution in [1.29, 1.82) is 0 Å². The van der Waals surface area contributed by atoms with Crippen LogP contribution >= 0.6 is 0 Å². The molecule has 0 aliphatic heterocycles. The van der Waals surface area contributed by atoms with Gasteiger partial charge in [-0.3, -0.25) is 19.9 Å². The summed E-state index contributed by atoms with van der Waals surface area (Å²) in [4.78, 5) is 28.0. The van der Waals surface area contributed by atoms with Crippen LogP contribution in [0, 0.1) is 10.1 Å². The van der Waals surface area contributed by atoms with Gasteiger partial charge in [-0.1, -0.05) is 6.07 Å². The number of nitrogens with one attached hydrogen (secondary N) is 1. The van der Waals surface area contributed by atoms with Crippen molar-refractivity contribution >= 4 is 17.3 Å². The summed E-state index contributed by atoms with van der Waals surface area (Å²) in [6.07, 6.45) is -2.38. The number of hydrogen-bond acceptors (Lipinski definition) is 5. The van der Waals surface area contributed by atoms with Gasteiger partial charge in [0.15, 0.2) is 0 Å². The van der Waals surface area contributed by atoms with Crippen molar-refractivity contribution in [3.63, 3.8) is 0 Å². The molecular weight excluding hydrogens is 377 g/mol. The van der Waals surface area contributed by atoms with E-state index in [-0.39, 0.29) is 24.6 Å². The molecule has 1 aromatic heterocycles. The van der Waals surface area contributed by atoms with Gasteiger partial charge in [0.05, 0.1) is 10.5 Å². The number of carbonyl (C=O) groups excluding carboxylic acids is 1. The average molecular weight is 396 g/mol.